The molecule has 1 aliphatic rings. The lowest BCUT2D eigenvalue weighted by Gasteiger charge is -2.46. The van der Waals surface area contributed by atoms with E-state index in [0.29, 0.717) is 12.8 Å². The molecule has 0 aromatic carbocycles. The lowest BCUT2D eigenvalue weighted by Crippen LogP contribution is -2.57. The highest BCUT2D eigenvalue weighted by molar-refractivity contribution is 5.69. The van der Waals surface area contributed by atoms with E-state index in [9.17, 15) is 9.90 Å². The molecule has 0 radical (unpaired) electrons. The molecule has 14 heavy (non-hydrogen) atoms. The fraction of sp³-hybridized carbons (Fsp3) is 0.900. The number of methoxy groups -OCH3 is 1. The fourth-order valence-electron chi connectivity index (χ4n) is 1.84. The minimum absolute atomic E-state index is 0.123. The van der Waals surface area contributed by atoms with Crippen molar-refractivity contribution in [2.24, 2.45) is 0 Å². The van der Waals surface area contributed by atoms with Crippen LogP contribution < -0.4 is 0 Å². The molecular weight excluding hydrogens is 182 g/mol. The highest BCUT2D eigenvalue weighted by Crippen LogP contribution is 2.31. The summed E-state index contributed by atoms with van der Waals surface area (Å²) >= 11 is 0. The Balaban J connectivity index is 2.68. The van der Waals surface area contributed by atoms with Crippen LogP contribution in [-0.2, 0) is 4.74 Å². The van der Waals surface area contributed by atoms with Crippen LogP contribution in [0.15, 0.2) is 0 Å². The number of carbonyl (C=O) groups is 1. The molecule has 1 saturated carbocycles. The summed E-state index contributed by atoms with van der Waals surface area (Å²) in [5, 5.41) is 9.21. The molecule has 0 unspecified atom stereocenters. The first-order valence-electron chi connectivity index (χ1n) is 4.91. The van der Waals surface area contributed by atoms with Gasteiger partial charge in [-0.2, -0.15) is 0 Å². The van der Waals surface area contributed by atoms with Crippen LogP contribution >= 0.6 is 0 Å². The Morgan fingerprint density at radius 3 is 2.21 bits per heavy atom. The topological polar surface area (TPSA) is 49.8 Å². The first-order valence-corrected chi connectivity index (χ1v) is 4.91. The number of hydrogen-bond acceptors (Lipinski definition) is 3. The normalized spacial score (nSPS) is 26.6. The molecule has 0 aromatic heterocycles. The molecule has 0 atom stereocenters. The van der Waals surface area contributed by atoms with Gasteiger partial charge in [0.1, 0.15) is 0 Å². The Hall–Kier alpha value is -0.770. The van der Waals surface area contributed by atoms with Gasteiger partial charge in [0, 0.05) is 11.6 Å². The van der Waals surface area contributed by atoms with E-state index in [2.05, 4.69) is 0 Å². The molecule has 4 nitrogen and oxygen atoms in total. The summed E-state index contributed by atoms with van der Waals surface area (Å²) in [6.07, 6.45) is 0.752. The van der Waals surface area contributed by atoms with Crippen LogP contribution in [0.1, 0.15) is 33.6 Å². The molecule has 1 fully saturated rings. The zero-order valence-electron chi connectivity index (χ0n) is 9.28. The van der Waals surface area contributed by atoms with Gasteiger partial charge in [0.05, 0.1) is 13.2 Å². The quantitative estimate of drug-likeness (QED) is 0.697. The molecule has 82 valence electrons. The number of aliphatic hydroxyl groups is 1. The third kappa shape index (κ3) is 2.18. The highest BCUT2D eigenvalue weighted by Gasteiger charge is 2.40. The second-order valence-corrected chi connectivity index (χ2v) is 4.79. The van der Waals surface area contributed by atoms with Crippen molar-refractivity contribution in [3.8, 4) is 0 Å². The van der Waals surface area contributed by atoms with Crippen LogP contribution in [-0.4, -0.2) is 40.9 Å². The molecule has 1 aliphatic carbocycles. The van der Waals surface area contributed by atoms with Gasteiger partial charge < -0.3 is 14.7 Å². The summed E-state index contributed by atoms with van der Waals surface area (Å²) in [6.45, 7) is 5.90. The summed E-state index contributed by atoms with van der Waals surface area (Å²) in [5.74, 6) is 0. The predicted octanol–water partition coefficient (Wildman–Crippen LogP) is 1.38. The zero-order valence-corrected chi connectivity index (χ0v) is 9.28. The molecular formula is C10H19NO3. The first-order chi connectivity index (χ1) is 6.36. The third-order valence-electron chi connectivity index (χ3n) is 2.55. The van der Waals surface area contributed by atoms with E-state index in [-0.39, 0.29) is 23.8 Å². The molecule has 0 aliphatic heterocycles. The maximum atomic E-state index is 11.5. The van der Waals surface area contributed by atoms with Crippen molar-refractivity contribution in [1.29, 1.82) is 0 Å². The Kier molecular flexibility index (Phi) is 3.04. The average molecular weight is 201 g/mol. The molecule has 1 N–H and O–H groups in total. The van der Waals surface area contributed by atoms with Crippen molar-refractivity contribution in [1.82, 2.24) is 4.90 Å². The van der Waals surface area contributed by atoms with E-state index in [1.807, 2.05) is 20.8 Å². The van der Waals surface area contributed by atoms with Crippen LogP contribution in [0.4, 0.5) is 4.79 Å². The summed E-state index contributed by atoms with van der Waals surface area (Å²) in [4.78, 5) is 13.2. The Morgan fingerprint density at radius 1 is 1.43 bits per heavy atom. The standard InChI is InChI=1S/C10H19NO3/c1-10(2,3)11(9(13)14-4)7-5-8(12)6-7/h7-8,12H,5-6H2,1-4H3. The predicted molar refractivity (Wildman–Crippen MR) is 53.0 cm³/mol. The SMILES string of the molecule is COC(=O)N(C1CC(O)C1)C(C)(C)C. The van der Waals surface area contributed by atoms with Gasteiger partial charge in [0.2, 0.25) is 0 Å². The minimum Gasteiger partial charge on any atom is -0.453 e. The molecule has 4 heteroatoms. The Bertz CT molecular complexity index is 216. The second kappa shape index (κ2) is 3.77. The summed E-state index contributed by atoms with van der Waals surface area (Å²) in [5.41, 5.74) is -0.252. The van der Waals surface area contributed by atoms with Crippen molar-refractivity contribution in [2.75, 3.05) is 7.11 Å². The smallest absolute Gasteiger partial charge is 0.410 e. The Labute approximate surface area is 84.8 Å². The first kappa shape index (κ1) is 11.3. The van der Waals surface area contributed by atoms with Gasteiger partial charge in [-0.25, -0.2) is 4.79 Å². The molecule has 0 spiro atoms. The van der Waals surface area contributed by atoms with Crippen molar-refractivity contribution < 1.29 is 14.6 Å². The number of amides is 1. The molecule has 0 heterocycles. The van der Waals surface area contributed by atoms with E-state index >= 15 is 0 Å². The average Bonchev–Trinajstić information content (AvgIpc) is 1.99. The number of ether oxygens (including phenoxy) is 1. The van der Waals surface area contributed by atoms with Crippen molar-refractivity contribution in [3.05, 3.63) is 0 Å². The summed E-state index contributed by atoms with van der Waals surface area (Å²) in [6, 6.07) is 0.123. The lowest BCUT2D eigenvalue weighted by molar-refractivity contribution is -0.0281. The number of aliphatic hydroxyl groups excluding tert-OH is 1. The Morgan fingerprint density at radius 2 is 1.93 bits per heavy atom. The van der Waals surface area contributed by atoms with Gasteiger partial charge >= 0.3 is 6.09 Å². The summed E-state index contributed by atoms with van der Waals surface area (Å²) in [7, 11) is 1.39. The van der Waals surface area contributed by atoms with Gasteiger partial charge in [-0.1, -0.05) is 0 Å². The lowest BCUT2D eigenvalue weighted by atomic mass is 9.85. The molecule has 1 rings (SSSR count). The molecule has 0 aromatic rings. The van der Waals surface area contributed by atoms with E-state index in [0.717, 1.165) is 0 Å². The van der Waals surface area contributed by atoms with Crippen LogP contribution in [0.3, 0.4) is 0 Å². The van der Waals surface area contributed by atoms with Gasteiger partial charge in [-0.15, -0.1) is 0 Å². The van der Waals surface area contributed by atoms with Crippen molar-refractivity contribution >= 4 is 6.09 Å². The van der Waals surface area contributed by atoms with Gasteiger partial charge in [-0.05, 0) is 33.6 Å². The van der Waals surface area contributed by atoms with Crippen LogP contribution in [0.2, 0.25) is 0 Å². The largest absolute Gasteiger partial charge is 0.453 e. The zero-order chi connectivity index (χ0) is 10.9. The van der Waals surface area contributed by atoms with E-state index in [1.165, 1.54) is 7.11 Å². The monoisotopic (exact) mass is 201 g/mol. The maximum absolute atomic E-state index is 11.5. The van der Waals surface area contributed by atoms with E-state index in [4.69, 9.17) is 4.74 Å². The number of rotatable bonds is 1. The molecule has 1 amide bonds. The highest BCUT2D eigenvalue weighted by atomic mass is 16.5. The van der Waals surface area contributed by atoms with Gasteiger partial charge in [-0.3, -0.25) is 0 Å². The van der Waals surface area contributed by atoms with Crippen LogP contribution in [0.25, 0.3) is 0 Å². The van der Waals surface area contributed by atoms with Crippen molar-refractivity contribution in [2.45, 2.75) is 51.3 Å². The van der Waals surface area contributed by atoms with Gasteiger partial charge in [0.25, 0.3) is 0 Å². The van der Waals surface area contributed by atoms with E-state index in [1.54, 1.807) is 4.90 Å². The summed E-state index contributed by atoms with van der Waals surface area (Å²) < 4.78 is 4.74. The third-order valence-corrected chi connectivity index (χ3v) is 2.55. The fourth-order valence-corrected chi connectivity index (χ4v) is 1.84. The maximum Gasteiger partial charge on any atom is 0.410 e. The van der Waals surface area contributed by atoms with E-state index < -0.39 is 0 Å². The van der Waals surface area contributed by atoms with Crippen LogP contribution in [0.5, 0.6) is 0 Å². The molecule has 0 saturated heterocycles. The van der Waals surface area contributed by atoms with Crippen LogP contribution in [0, 0.1) is 0 Å². The molecule has 0 bridgehead atoms. The van der Waals surface area contributed by atoms with Crippen molar-refractivity contribution in [3.63, 3.8) is 0 Å². The number of nitrogens with zero attached hydrogens (tertiary/aromatic N) is 1. The minimum atomic E-state index is -0.311. The number of hydrogen-bond donors (Lipinski definition) is 1. The number of carbonyl (C=O) groups excluding carboxylic acids is 1. The van der Waals surface area contributed by atoms with Gasteiger partial charge in [0.15, 0.2) is 0 Å². The second-order valence-electron chi connectivity index (χ2n) is 4.79.